The normalized spacial score (nSPS) is 16.4. The van der Waals surface area contributed by atoms with Gasteiger partial charge in [0.2, 0.25) is 0 Å². The molecular formula is C13H16FN3. The summed E-state index contributed by atoms with van der Waals surface area (Å²) in [4.78, 5) is 2.34. The Morgan fingerprint density at radius 3 is 2.94 bits per heavy atom. The zero-order chi connectivity index (χ0) is 11.8. The van der Waals surface area contributed by atoms with E-state index >= 15 is 0 Å². The molecule has 0 spiro atoms. The second-order valence-corrected chi connectivity index (χ2v) is 4.56. The molecule has 0 radical (unpaired) electrons. The molecular weight excluding hydrogens is 217 g/mol. The van der Waals surface area contributed by atoms with Gasteiger partial charge >= 0.3 is 0 Å². The standard InChI is InChI=1S/C13H16FN3/c14-11-1-2-13-10(7-11)8-12-9-16(4-3-15)5-6-17(12)13/h1-2,7-8H,3-6,9,15H2. The lowest BCUT2D eigenvalue weighted by molar-refractivity contribution is 0.229. The Bertz CT molecular complexity index is 547. The van der Waals surface area contributed by atoms with Crippen molar-refractivity contribution in [2.24, 2.45) is 5.73 Å². The molecule has 2 aromatic rings. The van der Waals surface area contributed by atoms with Crippen LogP contribution in [0.1, 0.15) is 5.69 Å². The Morgan fingerprint density at radius 2 is 2.12 bits per heavy atom. The monoisotopic (exact) mass is 233 g/mol. The number of fused-ring (bicyclic) bond motifs is 3. The summed E-state index contributed by atoms with van der Waals surface area (Å²) in [7, 11) is 0. The van der Waals surface area contributed by atoms with Gasteiger partial charge in [0.1, 0.15) is 5.82 Å². The van der Waals surface area contributed by atoms with Crippen molar-refractivity contribution in [2.75, 3.05) is 19.6 Å². The Hall–Kier alpha value is -1.39. The van der Waals surface area contributed by atoms with Gasteiger partial charge in [-0.2, -0.15) is 0 Å². The molecule has 1 aromatic carbocycles. The highest BCUT2D eigenvalue weighted by Gasteiger charge is 2.17. The molecule has 0 amide bonds. The number of hydrogen-bond donors (Lipinski definition) is 1. The molecule has 4 heteroatoms. The van der Waals surface area contributed by atoms with Crippen LogP contribution in [0.5, 0.6) is 0 Å². The minimum Gasteiger partial charge on any atom is -0.342 e. The SMILES string of the molecule is NCCN1CCn2c(cc3cc(F)ccc32)C1. The van der Waals surface area contributed by atoms with Crippen LogP contribution in [0, 0.1) is 5.82 Å². The number of benzene rings is 1. The summed E-state index contributed by atoms with van der Waals surface area (Å²) < 4.78 is 15.4. The van der Waals surface area contributed by atoms with E-state index in [4.69, 9.17) is 5.73 Å². The Balaban J connectivity index is 2.01. The maximum atomic E-state index is 13.2. The van der Waals surface area contributed by atoms with Gasteiger partial charge in [0, 0.05) is 49.3 Å². The third-order valence-corrected chi connectivity index (χ3v) is 3.42. The van der Waals surface area contributed by atoms with Crippen LogP contribution in [0.3, 0.4) is 0 Å². The largest absolute Gasteiger partial charge is 0.342 e. The molecule has 17 heavy (non-hydrogen) atoms. The maximum absolute atomic E-state index is 13.2. The van der Waals surface area contributed by atoms with Crippen LogP contribution >= 0.6 is 0 Å². The van der Waals surface area contributed by atoms with E-state index in [2.05, 4.69) is 15.5 Å². The average molecular weight is 233 g/mol. The highest BCUT2D eigenvalue weighted by atomic mass is 19.1. The second kappa shape index (κ2) is 4.13. The van der Waals surface area contributed by atoms with Crippen LogP contribution in [0.15, 0.2) is 24.3 Å². The van der Waals surface area contributed by atoms with E-state index in [9.17, 15) is 4.39 Å². The molecule has 2 heterocycles. The predicted molar refractivity (Wildman–Crippen MR) is 66.2 cm³/mol. The molecule has 0 unspecified atom stereocenters. The fraction of sp³-hybridized carbons (Fsp3) is 0.385. The summed E-state index contributed by atoms with van der Waals surface area (Å²) in [5.41, 5.74) is 7.96. The quantitative estimate of drug-likeness (QED) is 0.854. The molecule has 2 N–H and O–H groups in total. The number of nitrogens with two attached hydrogens (primary N) is 1. The van der Waals surface area contributed by atoms with Gasteiger partial charge in [0.05, 0.1) is 0 Å². The minimum absolute atomic E-state index is 0.167. The van der Waals surface area contributed by atoms with Crippen molar-refractivity contribution in [1.82, 2.24) is 9.47 Å². The Labute approximate surface area is 99.6 Å². The van der Waals surface area contributed by atoms with E-state index in [-0.39, 0.29) is 5.82 Å². The number of hydrogen-bond acceptors (Lipinski definition) is 2. The molecule has 0 aliphatic carbocycles. The molecule has 90 valence electrons. The lowest BCUT2D eigenvalue weighted by Gasteiger charge is -2.28. The summed E-state index contributed by atoms with van der Waals surface area (Å²) in [6, 6.07) is 7.09. The second-order valence-electron chi connectivity index (χ2n) is 4.56. The molecule has 0 saturated heterocycles. The highest BCUT2D eigenvalue weighted by Crippen LogP contribution is 2.24. The van der Waals surface area contributed by atoms with Crippen molar-refractivity contribution in [2.45, 2.75) is 13.1 Å². The molecule has 1 aromatic heterocycles. The summed E-state index contributed by atoms with van der Waals surface area (Å²) >= 11 is 0. The van der Waals surface area contributed by atoms with Crippen LogP contribution in [0.25, 0.3) is 10.9 Å². The lowest BCUT2D eigenvalue weighted by atomic mass is 10.2. The Morgan fingerprint density at radius 1 is 1.24 bits per heavy atom. The molecule has 0 atom stereocenters. The van der Waals surface area contributed by atoms with Gasteiger partial charge in [-0.05, 0) is 24.3 Å². The molecule has 1 aliphatic heterocycles. The van der Waals surface area contributed by atoms with E-state index in [0.29, 0.717) is 6.54 Å². The van der Waals surface area contributed by atoms with Crippen molar-refractivity contribution < 1.29 is 4.39 Å². The topological polar surface area (TPSA) is 34.2 Å². The average Bonchev–Trinajstić information content (AvgIpc) is 2.65. The summed E-state index contributed by atoms with van der Waals surface area (Å²) in [6.07, 6.45) is 0. The van der Waals surface area contributed by atoms with Crippen molar-refractivity contribution in [3.63, 3.8) is 0 Å². The molecule has 1 aliphatic rings. The van der Waals surface area contributed by atoms with Crippen molar-refractivity contribution in [1.29, 1.82) is 0 Å². The van der Waals surface area contributed by atoms with Gasteiger partial charge in [-0.25, -0.2) is 4.39 Å². The third kappa shape index (κ3) is 1.83. The number of aromatic nitrogens is 1. The van der Waals surface area contributed by atoms with E-state index in [1.807, 2.05) is 6.07 Å². The van der Waals surface area contributed by atoms with E-state index < -0.39 is 0 Å². The summed E-state index contributed by atoms with van der Waals surface area (Å²) in [5, 5.41) is 0.995. The third-order valence-electron chi connectivity index (χ3n) is 3.42. The Kier molecular flexibility index (Phi) is 2.61. The smallest absolute Gasteiger partial charge is 0.123 e. The number of halogens is 1. The van der Waals surface area contributed by atoms with Gasteiger partial charge in [-0.1, -0.05) is 0 Å². The molecule has 0 fully saturated rings. The van der Waals surface area contributed by atoms with Gasteiger partial charge in [0.15, 0.2) is 0 Å². The van der Waals surface area contributed by atoms with E-state index in [0.717, 1.165) is 37.1 Å². The molecule has 3 nitrogen and oxygen atoms in total. The zero-order valence-corrected chi connectivity index (χ0v) is 9.69. The first-order chi connectivity index (χ1) is 8.28. The molecule has 0 saturated carbocycles. The van der Waals surface area contributed by atoms with Crippen LogP contribution in [-0.2, 0) is 13.1 Å². The highest BCUT2D eigenvalue weighted by molar-refractivity contribution is 5.81. The predicted octanol–water partition coefficient (Wildman–Crippen LogP) is 1.55. The summed E-state index contributed by atoms with van der Waals surface area (Å²) in [5.74, 6) is -0.167. The maximum Gasteiger partial charge on any atom is 0.123 e. The van der Waals surface area contributed by atoms with Gasteiger partial charge in [-0.3, -0.25) is 4.90 Å². The van der Waals surface area contributed by atoms with Crippen LogP contribution in [0.2, 0.25) is 0 Å². The first-order valence-corrected chi connectivity index (χ1v) is 5.98. The van der Waals surface area contributed by atoms with E-state index in [1.165, 1.54) is 11.8 Å². The summed E-state index contributed by atoms with van der Waals surface area (Å²) in [6.45, 7) is 4.51. The van der Waals surface area contributed by atoms with Crippen LogP contribution < -0.4 is 5.73 Å². The van der Waals surface area contributed by atoms with E-state index in [1.54, 1.807) is 6.07 Å². The lowest BCUT2D eigenvalue weighted by Crippen LogP contribution is -2.36. The van der Waals surface area contributed by atoms with Crippen LogP contribution in [0.4, 0.5) is 4.39 Å². The zero-order valence-electron chi connectivity index (χ0n) is 9.69. The first kappa shape index (κ1) is 10.7. The van der Waals surface area contributed by atoms with Gasteiger partial charge in [0.25, 0.3) is 0 Å². The fourth-order valence-corrected chi connectivity index (χ4v) is 2.62. The van der Waals surface area contributed by atoms with Crippen molar-refractivity contribution >= 4 is 10.9 Å². The van der Waals surface area contributed by atoms with Gasteiger partial charge in [-0.15, -0.1) is 0 Å². The van der Waals surface area contributed by atoms with Gasteiger partial charge < -0.3 is 10.3 Å². The fourth-order valence-electron chi connectivity index (χ4n) is 2.62. The minimum atomic E-state index is -0.167. The number of nitrogens with zero attached hydrogens (tertiary/aromatic N) is 2. The van der Waals surface area contributed by atoms with Crippen molar-refractivity contribution in [3.05, 3.63) is 35.8 Å². The molecule has 3 rings (SSSR count). The molecule has 0 bridgehead atoms. The first-order valence-electron chi connectivity index (χ1n) is 5.98. The van der Waals surface area contributed by atoms with Crippen molar-refractivity contribution in [3.8, 4) is 0 Å². The van der Waals surface area contributed by atoms with Crippen LogP contribution in [-0.4, -0.2) is 29.1 Å². The number of rotatable bonds is 2.